The average Bonchev–Trinajstić information content (AvgIpc) is 2.64. The van der Waals surface area contributed by atoms with E-state index in [0.29, 0.717) is 29.1 Å². The van der Waals surface area contributed by atoms with Gasteiger partial charge in [0.2, 0.25) is 0 Å². The summed E-state index contributed by atoms with van der Waals surface area (Å²) in [5.74, 6) is -1.34. The normalized spacial score (nSPS) is 16.2. The number of hydrogen-bond acceptors (Lipinski definition) is 2. The maximum Gasteiger partial charge on any atom is 0.330 e. The summed E-state index contributed by atoms with van der Waals surface area (Å²) in [6.45, 7) is 0. The summed E-state index contributed by atoms with van der Waals surface area (Å²) in [6.07, 6.45) is 3.43. The first-order valence-electron chi connectivity index (χ1n) is 8.44. The summed E-state index contributed by atoms with van der Waals surface area (Å²) in [4.78, 5) is 27.1. The Morgan fingerprint density at radius 1 is 0.920 bits per heavy atom. The van der Waals surface area contributed by atoms with Gasteiger partial charge in [-0.1, -0.05) is 61.2 Å². The Morgan fingerprint density at radius 3 is 2.12 bits per heavy atom. The van der Waals surface area contributed by atoms with Crippen molar-refractivity contribution < 1.29 is 14.7 Å². The topological polar surface area (TPSA) is 57.6 Å². The highest BCUT2D eigenvalue weighted by Crippen LogP contribution is 2.39. The summed E-state index contributed by atoms with van der Waals surface area (Å²) < 4.78 is 0. The molecule has 1 fully saturated rings. The van der Waals surface area contributed by atoms with Crippen LogP contribution in [0, 0.1) is 0 Å². The number of amides is 1. The van der Waals surface area contributed by atoms with E-state index in [-0.39, 0.29) is 5.91 Å². The molecule has 25 heavy (non-hydrogen) atoms. The SMILES string of the molecule is O=C(c1ccccc1Cl)N(c1ccccc1)C1(C(=O)O)CCCCC1. The molecule has 3 rings (SSSR count). The molecule has 0 unspecified atom stereocenters. The van der Waals surface area contributed by atoms with Crippen LogP contribution in [0.4, 0.5) is 5.69 Å². The Morgan fingerprint density at radius 2 is 1.52 bits per heavy atom. The predicted molar refractivity (Wildman–Crippen MR) is 98.2 cm³/mol. The monoisotopic (exact) mass is 357 g/mol. The number of aliphatic carboxylic acids is 1. The summed E-state index contributed by atoms with van der Waals surface area (Å²) in [5, 5.41) is 10.4. The van der Waals surface area contributed by atoms with E-state index in [1.54, 1.807) is 48.5 Å². The average molecular weight is 358 g/mol. The Kier molecular flexibility index (Phi) is 5.09. The van der Waals surface area contributed by atoms with Crippen LogP contribution in [-0.4, -0.2) is 22.5 Å². The zero-order valence-electron chi connectivity index (χ0n) is 13.8. The van der Waals surface area contributed by atoms with Gasteiger partial charge in [-0.05, 0) is 37.1 Å². The molecule has 0 saturated heterocycles. The van der Waals surface area contributed by atoms with Crippen molar-refractivity contribution >= 4 is 29.2 Å². The summed E-state index contributed by atoms with van der Waals surface area (Å²) >= 11 is 6.22. The lowest BCUT2D eigenvalue weighted by Gasteiger charge is -2.43. The molecule has 0 aromatic heterocycles. The number of nitrogens with zero attached hydrogens (tertiary/aromatic N) is 1. The molecular weight excluding hydrogens is 338 g/mol. The van der Waals surface area contributed by atoms with E-state index in [2.05, 4.69) is 0 Å². The number of benzene rings is 2. The second-order valence-corrected chi connectivity index (χ2v) is 6.76. The zero-order valence-corrected chi connectivity index (χ0v) is 14.6. The predicted octanol–water partition coefficient (Wildman–Crippen LogP) is 4.77. The van der Waals surface area contributed by atoms with Crippen molar-refractivity contribution in [3.8, 4) is 0 Å². The maximum atomic E-state index is 13.4. The molecule has 0 radical (unpaired) electrons. The number of hydrogen-bond donors (Lipinski definition) is 1. The van der Waals surface area contributed by atoms with E-state index < -0.39 is 11.5 Å². The molecular formula is C20H20ClNO3. The molecule has 1 saturated carbocycles. The number of rotatable bonds is 4. The van der Waals surface area contributed by atoms with Crippen LogP contribution in [0.5, 0.6) is 0 Å². The second-order valence-electron chi connectivity index (χ2n) is 6.35. The molecule has 1 amide bonds. The van der Waals surface area contributed by atoms with Crippen LogP contribution in [0.15, 0.2) is 54.6 Å². The smallest absolute Gasteiger partial charge is 0.330 e. The number of anilines is 1. The van der Waals surface area contributed by atoms with Gasteiger partial charge >= 0.3 is 5.97 Å². The van der Waals surface area contributed by atoms with Gasteiger partial charge in [0.1, 0.15) is 5.54 Å². The quantitative estimate of drug-likeness (QED) is 0.857. The minimum absolute atomic E-state index is 0.319. The van der Waals surface area contributed by atoms with Gasteiger partial charge in [0.25, 0.3) is 5.91 Å². The van der Waals surface area contributed by atoms with Gasteiger partial charge in [-0.2, -0.15) is 0 Å². The van der Waals surface area contributed by atoms with Gasteiger partial charge < -0.3 is 5.11 Å². The van der Waals surface area contributed by atoms with Gasteiger partial charge in [-0.3, -0.25) is 9.69 Å². The van der Waals surface area contributed by atoms with Gasteiger partial charge in [-0.15, -0.1) is 0 Å². The lowest BCUT2D eigenvalue weighted by molar-refractivity contribution is -0.144. The first-order chi connectivity index (χ1) is 12.1. The van der Waals surface area contributed by atoms with Crippen LogP contribution in [0.2, 0.25) is 5.02 Å². The molecule has 1 aliphatic rings. The zero-order chi connectivity index (χ0) is 17.9. The Labute approximate surface area is 152 Å². The third-order valence-corrected chi connectivity index (χ3v) is 5.16. The number of carbonyl (C=O) groups excluding carboxylic acids is 1. The number of para-hydroxylation sites is 1. The minimum Gasteiger partial charge on any atom is -0.479 e. The Hall–Kier alpha value is -2.33. The van der Waals surface area contributed by atoms with Crippen molar-refractivity contribution in [3.63, 3.8) is 0 Å². The molecule has 4 nitrogen and oxygen atoms in total. The van der Waals surface area contributed by atoms with E-state index in [1.165, 1.54) is 4.90 Å². The molecule has 0 aliphatic heterocycles. The Bertz CT molecular complexity index is 770. The standard InChI is InChI=1S/C20H20ClNO3/c21-17-12-6-5-11-16(17)18(23)22(15-9-3-1-4-10-15)20(19(24)25)13-7-2-8-14-20/h1,3-6,9-12H,2,7-8,13-14H2,(H,24,25). The molecule has 1 aliphatic carbocycles. The van der Waals surface area contributed by atoms with E-state index >= 15 is 0 Å². The van der Waals surface area contributed by atoms with Crippen molar-refractivity contribution in [2.24, 2.45) is 0 Å². The van der Waals surface area contributed by atoms with E-state index in [1.807, 2.05) is 6.07 Å². The molecule has 0 spiro atoms. The lowest BCUT2D eigenvalue weighted by Crippen LogP contribution is -2.58. The van der Waals surface area contributed by atoms with Gasteiger partial charge in [0, 0.05) is 5.69 Å². The summed E-state index contributed by atoms with van der Waals surface area (Å²) in [7, 11) is 0. The number of carboxylic acids is 1. The first-order valence-corrected chi connectivity index (χ1v) is 8.81. The first kappa shape index (κ1) is 17.5. The molecule has 0 heterocycles. The van der Waals surface area contributed by atoms with Crippen molar-refractivity contribution in [1.82, 2.24) is 0 Å². The summed E-state index contributed by atoms with van der Waals surface area (Å²) in [6, 6.07) is 15.8. The second kappa shape index (κ2) is 7.28. The fourth-order valence-electron chi connectivity index (χ4n) is 3.56. The van der Waals surface area contributed by atoms with Crippen LogP contribution in [0.3, 0.4) is 0 Å². The van der Waals surface area contributed by atoms with Gasteiger partial charge in [-0.25, -0.2) is 4.79 Å². The molecule has 0 atom stereocenters. The fourth-order valence-corrected chi connectivity index (χ4v) is 3.78. The van der Waals surface area contributed by atoms with Crippen LogP contribution in [-0.2, 0) is 4.79 Å². The van der Waals surface area contributed by atoms with Crippen molar-refractivity contribution in [2.45, 2.75) is 37.6 Å². The molecule has 2 aromatic rings. The molecule has 0 bridgehead atoms. The van der Waals surface area contributed by atoms with Crippen molar-refractivity contribution in [1.29, 1.82) is 0 Å². The van der Waals surface area contributed by atoms with Crippen LogP contribution < -0.4 is 4.90 Å². The van der Waals surface area contributed by atoms with E-state index in [4.69, 9.17) is 11.6 Å². The highest BCUT2D eigenvalue weighted by Gasteiger charge is 2.48. The van der Waals surface area contributed by atoms with Gasteiger partial charge in [0.05, 0.1) is 10.6 Å². The van der Waals surface area contributed by atoms with E-state index in [0.717, 1.165) is 19.3 Å². The highest BCUT2D eigenvalue weighted by atomic mass is 35.5. The van der Waals surface area contributed by atoms with Crippen LogP contribution in [0.25, 0.3) is 0 Å². The lowest BCUT2D eigenvalue weighted by atomic mass is 9.79. The molecule has 1 N–H and O–H groups in total. The van der Waals surface area contributed by atoms with Crippen LogP contribution in [0.1, 0.15) is 42.5 Å². The van der Waals surface area contributed by atoms with E-state index in [9.17, 15) is 14.7 Å². The number of carbonyl (C=O) groups is 2. The fraction of sp³-hybridized carbons (Fsp3) is 0.300. The third-order valence-electron chi connectivity index (χ3n) is 4.83. The largest absolute Gasteiger partial charge is 0.479 e. The maximum absolute atomic E-state index is 13.4. The Balaban J connectivity index is 2.15. The van der Waals surface area contributed by atoms with Crippen molar-refractivity contribution in [3.05, 3.63) is 65.2 Å². The van der Waals surface area contributed by atoms with Gasteiger partial charge in [0.15, 0.2) is 0 Å². The minimum atomic E-state index is -1.24. The number of halogens is 1. The third kappa shape index (κ3) is 3.27. The summed E-state index contributed by atoms with van der Waals surface area (Å²) in [5.41, 5.74) is -0.341. The molecule has 5 heteroatoms. The molecule has 2 aromatic carbocycles. The van der Waals surface area contributed by atoms with Crippen molar-refractivity contribution in [2.75, 3.05) is 4.90 Å². The number of carboxylic acid groups (broad SMARTS) is 1. The highest BCUT2D eigenvalue weighted by molar-refractivity contribution is 6.34. The van der Waals surface area contributed by atoms with Crippen LogP contribution >= 0.6 is 11.6 Å². The molecule has 130 valence electrons.